The molecule has 35 heavy (non-hydrogen) atoms. The minimum Gasteiger partial charge on any atom is -0.497 e. The van der Waals surface area contributed by atoms with Gasteiger partial charge in [-0.15, -0.1) is 0 Å². The molecule has 1 heterocycles. The van der Waals surface area contributed by atoms with Crippen molar-refractivity contribution in [1.29, 1.82) is 0 Å². The van der Waals surface area contributed by atoms with Crippen molar-refractivity contribution in [2.75, 3.05) is 7.11 Å². The summed E-state index contributed by atoms with van der Waals surface area (Å²) in [4.78, 5) is 28.3. The molecule has 0 spiro atoms. The zero-order valence-corrected chi connectivity index (χ0v) is 19.4. The number of carbonyl (C=O) groups excluding carboxylic acids is 2. The molecule has 1 unspecified atom stereocenters. The van der Waals surface area contributed by atoms with E-state index in [1.54, 1.807) is 50.4 Å². The van der Waals surface area contributed by atoms with Crippen molar-refractivity contribution >= 4 is 11.8 Å². The molecule has 8 heteroatoms. The average molecular weight is 483 g/mol. The highest BCUT2D eigenvalue weighted by Crippen LogP contribution is 2.34. The number of nitrogens with one attached hydrogen (secondary N) is 1. The van der Waals surface area contributed by atoms with Gasteiger partial charge in [0.2, 0.25) is 5.91 Å². The van der Waals surface area contributed by atoms with Crippen LogP contribution in [0.2, 0.25) is 0 Å². The van der Waals surface area contributed by atoms with Crippen molar-refractivity contribution in [2.24, 2.45) is 0 Å². The van der Waals surface area contributed by atoms with Crippen molar-refractivity contribution in [3.05, 3.63) is 101 Å². The summed E-state index contributed by atoms with van der Waals surface area (Å²) in [7, 11) is 1.56. The quantitative estimate of drug-likeness (QED) is 0.539. The zero-order valence-electron chi connectivity index (χ0n) is 19.4. The van der Waals surface area contributed by atoms with Crippen LogP contribution >= 0.6 is 0 Å². The molecule has 0 bridgehead atoms. The number of alkyl halides is 3. The molecule has 1 atom stereocenters. The molecule has 0 saturated carbocycles. The molecule has 182 valence electrons. The number of benzene rings is 3. The molecule has 1 aliphatic heterocycles. The van der Waals surface area contributed by atoms with Gasteiger partial charge in [-0.25, -0.2) is 0 Å². The van der Waals surface area contributed by atoms with Crippen molar-refractivity contribution in [1.82, 2.24) is 10.2 Å². The highest BCUT2D eigenvalue weighted by molar-refractivity contribution is 6.02. The fourth-order valence-electron chi connectivity index (χ4n) is 4.31. The third-order valence-corrected chi connectivity index (χ3v) is 6.32. The van der Waals surface area contributed by atoms with Gasteiger partial charge in [0.1, 0.15) is 11.3 Å². The SMILES string of the molecule is COc1ccc(CNC(=O)C2(C)Cc3ccccc3C(=O)N2Cc2cccc(C(F)(F)F)c2)cc1. The van der Waals surface area contributed by atoms with Gasteiger partial charge in [0.25, 0.3) is 5.91 Å². The first-order chi connectivity index (χ1) is 16.6. The number of ether oxygens (including phenoxy) is 1. The number of halogens is 3. The summed E-state index contributed by atoms with van der Waals surface area (Å²) in [6.07, 6.45) is -4.27. The van der Waals surface area contributed by atoms with Crippen LogP contribution in [-0.4, -0.2) is 29.4 Å². The van der Waals surface area contributed by atoms with E-state index in [1.165, 1.54) is 17.0 Å². The maximum absolute atomic E-state index is 13.5. The second-order valence-electron chi connectivity index (χ2n) is 8.73. The Morgan fingerprint density at radius 3 is 2.43 bits per heavy atom. The summed E-state index contributed by atoms with van der Waals surface area (Å²) in [6, 6.07) is 19.0. The highest BCUT2D eigenvalue weighted by Gasteiger charge is 2.46. The zero-order chi connectivity index (χ0) is 25.2. The molecule has 0 aromatic heterocycles. The molecule has 0 saturated heterocycles. The first kappa shape index (κ1) is 24.3. The van der Waals surface area contributed by atoms with Crippen LogP contribution in [0.25, 0.3) is 0 Å². The molecule has 3 aromatic rings. The Bertz CT molecular complexity index is 1240. The van der Waals surface area contributed by atoms with E-state index >= 15 is 0 Å². The topological polar surface area (TPSA) is 58.6 Å². The number of amides is 2. The van der Waals surface area contributed by atoms with Gasteiger partial charge < -0.3 is 15.0 Å². The minimum absolute atomic E-state index is 0.135. The summed E-state index contributed by atoms with van der Waals surface area (Å²) in [5.74, 6) is -0.0942. The maximum Gasteiger partial charge on any atom is 0.416 e. The largest absolute Gasteiger partial charge is 0.497 e. The van der Waals surface area contributed by atoms with Crippen LogP contribution < -0.4 is 10.1 Å². The monoisotopic (exact) mass is 482 g/mol. The lowest BCUT2D eigenvalue weighted by Gasteiger charge is -2.44. The van der Waals surface area contributed by atoms with Crippen molar-refractivity contribution in [3.8, 4) is 5.75 Å². The van der Waals surface area contributed by atoms with Gasteiger partial charge in [0, 0.05) is 25.1 Å². The Morgan fingerprint density at radius 2 is 1.74 bits per heavy atom. The molecular formula is C27H25F3N2O3. The van der Waals surface area contributed by atoms with Crippen LogP contribution in [0.15, 0.2) is 72.8 Å². The van der Waals surface area contributed by atoms with E-state index in [0.717, 1.165) is 23.3 Å². The number of hydrogen-bond donors (Lipinski definition) is 1. The molecule has 0 aliphatic carbocycles. The molecular weight excluding hydrogens is 457 g/mol. The summed E-state index contributed by atoms with van der Waals surface area (Å²) in [6.45, 7) is 1.74. The average Bonchev–Trinajstić information content (AvgIpc) is 2.85. The van der Waals surface area contributed by atoms with Crippen LogP contribution in [0, 0.1) is 0 Å². The number of fused-ring (bicyclic) bond motifs is 1. The fraction of sp³-hybridized carbons (Fsp3) is 0.259. The van der Waals surface area contributed by atoms with E-state index in [9.17, 15) is 22.8 Å². The molecule has 3 aromatic carbocycles. The molecule has 1 N–H and O–H groups in total. The predicted octanol–water partition coefficient (Wildman–Crippen LogP) is 4.99. The Morgan fingerprint density at radius 1 is 1.03 bits per heavy atom. The Hall–Kier alpha value is -3.81. The summed E-state index contributed by atoms with van der Waals surface area (Å²) in [5.41, 5.74) is 0.202. The summed E-state index contributed by atoms with van der Waals surface area (Å²) >= 11 is 0. The predicted molar refractivity (Wildman–Crippen MR) is 125 cm³/mol. The maximum atomic E-state index is 13.5. The van der Waals surface area contributed by atoms with Crippen molar-refractivity contribution < 1.29 is 27.5 Å². The Kier molecular flexibility index (Phi) is 6.56. The van der Waals surface area contributed by atoms with Gasteiger partial charge in [-0.1, -0.05) is 42.5 Å². The number of methoxy groups -OCH3 is 1. The fourth-order valence-corrected chi connectivity index (χ4v) is 4.31. The van der Waals surface area contributed by atoms with Crippen LogP contribution in [-0.2, 0) is 30.5 Å². The molecule has 0 fully saturated rings. The van der Waals surface area contributed by atoms with Crippen molar-refractivity contribution in [2.45, 2.75) is 38.1 Å². The van der Waals surface area contributed by atoms with Crippen molar-refractivity contribution in [3.63, 3.8) is 0 Å². The summed E-state index contributed by atoms with van der Waals surface area (Å²) in [5, 5.41) is 2.90. The van der Waals surface area contributed by atoms with Gasteiger partial charge in [-0.3, -0.25) is 9.59 Å². The second kappa shape index (κ2) is 9.44. The van der Waals surface area contributed by atoms with E-state index in [0.29, 0.717) is 16.9 Å². The first-order valence-corrected chi connectivity index (χ1v) is 11.1. The first-order valence-electron chi connectivity index (χ1n) is 11.1. The normalized spacial score (nSPS) is 17.6. The molecule has 4 rings (SSSR count). The highest BCUT2D eigenvalue weighted by atomic mass is 19.4. The van der Waals surface area contributed by atoms with Gasteiger partial charge in [0.15, 0.2) is 0 Å². The minimum atomic E-state index is -4.51. The third-order valence-electron chi connectivity index (χ3n) is 6.32. The van der Waals surface area contributed by atoms with Gasteiger partial charge >= 0.3 is 6.18 Å². The van der Waals surface area contributed by atoms with Crippen LogP contribution in [0.5, 0.6) is 5.75 Å². The number of nitrogens with zero attached hydrogens (tertiary/aromatic N) is 1. The van der Waals surface area contributed by atoms with Gasteiger partial charge in [-0.05, 0) is 53.9 Å². The van der Waals surface area contributed by atoms with Crippen LogP contribution in [0.4, 0.5) is 13.2 Å². The molecule has 1 aliphatic rings. The molecule has 0 radical (unpaired) electrons. The number of hydrogen-bond acceptors (Lipinski definition) is 3. The lowest BCUT2D eigenvalue weighted by molar-refractivity contribution is -0.137. The van der Waals surface area contributed by atoms with E-state index in [-0.39, 0.29) is 25.4 Å². The van der Waals surface area contributed by atoms with Crippen LogP contribution in [0.1, 0.15) is 39.5 Å². The van der Waals surface area contributed by atoms with Crippen LogP contribution in [0.3, 0.4) is 0 Å². The lowest BCUT2D eigenvalue weighted by atomic mass is 9.82. The van der Waals surface area contributed by atoms with E-state index in [1.807, 2.05) is 12.1 Å². The standard InChI is InChI=1S/C27H25F3N2O3/c1-26(25(34)31-16-18-10-12-22(35-2)13-11-18)15-20-7-3-4-9-23(20)24(33)32(26)17-19-6-5-8-21(14-19)27(28,29)30/h3-14H,15-17H2,1-2H3,(H,31,34). The van der Waals surface area contributed by atoms with E-state index < -0.39 is 23.2 Å². The second-order valence-corrected chi connectivity index (χ2v) is 8.73. The van der Waals surface area contributed by atoms with Gasteiger partial charge in [-0.2, -0.15) is 13.2 Å². The summed E-state index contributed by atoms with van der Waals surface area (Å²) < 4.78 is 44.9. The molecule has 5 nitrogen and oxygen atoms in total. The molecule has 2 amide bonds. The number of rotatable bonds is 6. The third kappa shape index (κ3) is 5.01. The van der Waals surface area contributed by atoms with E-state index in [4.69, 9.17) is 4.74 Å². The Labute approximate surface area is 201 Å². The smallest absolute Gasteiger partial charge is 0.416 e. The Balaban J connectivity index is 1.63. The lowest BCUT2D eigenvalue weighted by Crippen LogP contribution is -2.62. The van der Waals surface area contributed by atoms with Gasteiger partial charge in [0.05, 0.1) is 12.7 Å². The number of carbonyl (C=O) groups is 2. The van der Waals surface area contributed by atoms with E-state index in [2.05, 4.69) is 5.32 Å².